The maximum atomic E-state index is 11.4. The Hall–Kier alpha value is -1.06. The highest BCUT2D eigenvalue weighted by Crippen LogP contribution is 2.35. The van der Waals surface area contributed by atoms with Gasteiger partial charge < -0.3 is 5.11 Å². The second-order valence-electron chi connectivity index (χ2n) is 5.48. The number of carboxylic acid groups (broad SMARTS) is 1. The summed E-state index contributed by atoms with van der Waals surface area (Å²) in [6, 6.07) is 6.05. The number of hydrogen-bond donors (Lipinski definition) is 1. The van der Waals surface area contributed by atoms with Crippen molar-refractivity contribution in [1.82, 2.24) is 4.90 Å². The fourth-order valence-electron chi connectivity index (χ4n) is 2.70. The highest BCUT2D eigenvalue weighted by Gasteiger charge is 2.42. The monoisotopic (exact) mass is 281 g/mol. The van der Waals surface area contributed by atoms with E-state index in [1.54, 1.807) is 0 Å². The first-order valence-corrected chi connectivity index (χ1v) is 7.05. The smallest absolute Gasteiger partial charge is 0.310 e. The third-order valence-corrected chi connectivity index (χ3v) is 4.61. The van der Waals surface area contributed by atoms with Crippen LogP contribution < -0.4 is 0 Å². The second-order valence-corrected chi connectivity index (χ2v) is 5.89. The molecule has 0 aliphatic carbocycles. The molecule has 19 heavy (non-hydrogen) atoms. The first-order valence-electron chi connectivity index (χ1n) is 6.67. The topological polar surface area (TPSA) is 40.5 Å². The van der Waals surface area contributed by atoms with Crippen LogP contribution in [0, 0.1) is 12.3 Å². The molecule has 3 nitrogen and oxygen atoms in total. The first kappa shape index (κ1) is 14.4. The molecule has 0 bridgehead atoms. The van der Waals surface area contributed by atoms with Gasteiger partial charge in [0, 0.05) is 18.1 Å². The summed E-state index contributed by atoms with van der Waals surface area (Å²) in [5.74, 6) is -0.667. The molecule has 1 aromatic carbocycles. The van der Waals surface area contributed by atoms with Crippen LogP contribution in [0.1, 0.15) is 30.9 Å². The maximum Gasteiger partial charge on any atom is 0.310 e. The van der Waals surface area contributed by atoms with E-state index < -0.39 is 11.4 Å². The van der Waals surface area contributed by atoms with Crippen LogP contribution >= 0.6 is 11.6 Å². The maximum absolute atomic E-state index is 11.4. The van der Waals surface area contributed by atoms with E-state index in [2.05, 4.69) is 11.0 Å². The zero-order chi connectivity index (χ0) is 14.0. The summed E-state index contributed by atoms with van der Waals surface area (Å²) in [5.41, 5.74) is 1.65. The van der Waals surface area contributed by atoms with Gasteiger partial charge in [-0.15, -0.1) is 0 Å². The van der Waals surface area contributed by atoms with Gasteiger partial charge in [0.2, 0.25) is 0 Å². The van der Waals surface area contributed by atoms with Crippen LogP contribution in [-0.2, 0) is 11.3 Å². The molecule has 2 rings (SSSR count). The summed E-state index contributed by atoms with van der Waals surface area (Å²) < 4.78 is 0. The predicted molar refractivity (Wildman–Crippen MR) is 76.4 cm³/mol. The third-order valence-electron chi connectivity index (χ3n) is 4.21. The van der Waals surface area contributed by atoms with E-state index >= 15 is 0 Å². The number of benzene rings is 1. The van der Waals surface area contributed by atoms with Crippen LogP contribution in [0.4, 0.5) is 0 Å². The summed E-state index contributed by atoms with van der Waals surface area (Å²) in [6.45, 7) is 6.18. The van der Waals surface area contributed by atoms with Gasteiger partial charge in [-0.05, 0) is 43.5 Å². The lowest BCUT2D eigenvalue weighted by Crippen LogP contribution is -2.33. The van der Waals surface area contributed by atoms with E-state index in [9.17, 15) is 9.90 Å². The number of halogens is 1. The molecule has 1 heterocycles. The SMILES string of the molecule is CCC1(C(=O)O)CCN(Cc2ccc(C)c(Cl)c2)C1. The zero-order valence-electron chi connectivity index (χ0n) is 11.4. The third kappa shape index (κ3) is 2.93. The molecule has 1 unspecified atom stereocenters. The van der Waals surface area contributed by atoms with Gasteiger partial charge in [0.1, 0.15) is 0 Å². The minimum Gasteiger partial charge on any atom is -0.481 e. The van der Waals surface area contributed by atoms with Gasteiger partial charge in [-0.25, -0.2) is 0 Å². The Balaban J connectivity index is 2.05. The Kier molecular flexibility index (Phi) is 4.16. The van der Waals surface area contributed by atoms with Crippen LogP contribution in [0.2, 0.25) is 5.02 Å². The standard InChI is InChI=1S/C15H20ClNO2/c1-3-15(14(18)19)6-7-17(10-15)9-12-5-4-11(2)13(16)8-12/h4-5,8H,3,6-7,9-10H2,1-2H3,(H,18,19). The lowest BCUT2D eigenvalue weighted by molar-refractivity contribution is -0.148. The normalized spacial score (nSPS) is 23.7. The molecule has 0 radical (unpaired) electrons. The van der Waals surface area contributed by atoms with Crippen molar-refractivity contribution >= 4 is 17.6 Å². The molecular weight excluding hydrogens is 262 g/mol. The van der Waals surface area contributed by atoms with Crippen LogP contribution in [-0.4, -0.2) is 29.1 Å². The van der Waals surface area contributed by atoms with Gasteiger partial charge in [0.15, 0.2) is 0 Å². The predicted octanol–water partition coefficient (Wildman–Crippen LogP) is 3.34. The lowest BCUT2D eigenvalue weighted by atomic mass is 9.84. The number of carboxylic acids is 1. The van der Waals surface area contributed by atoms with Crippen LogP contribution in [0.5, 0.6) is 0 Å². The highest BCUT2D eigenvalue weighted by atomic mass is 35.5. The van der Waals surface area contributed by atoms with Gasteiger partial charge in [-0.3, -0.25) is 9.69 Å². The molecule has 1 aliphatic heterocycles. The van der Waals surface area contributed by atoms with Crippen LogP contribution in [0.3, 0.4) is 0 Å². The van der Waals surface area contributed by atoms with Gasteiger partial charge in [0.05, 0.1) is 5.41 Å². The van der Waals surface area contributed by atoms with Crippen molar-refractivity contribution < 1.29 is 9.90 Å². The van der Waals surface area contributed by atoms with Gasteiger partial charge in [0.25, 0.3) is 0 Å². The quantitative estimate of drug-likeness (QED) is 0.920. The number of rotatable bonds is 4. The summed E-state index contributed by atoms with van der Waals surface area (Å²) in [5, 5.41) is 10.2. The molecule has 1 fully saturated rings. The summed E-state index contributed by atoms with van der Waals surface area (Å²) in [7, 11) is 0. The van der Waals surface area contributed by atoms with Crippen molar-refractivity contribution in [2.24, 2.45) is 5.41 Å². The van der Waals surface area contributed by atoms with Crippen LogP contribution in [0.25, 0.3) is 0 Å². The van der Waals surface area contributed by atoms with Crippen LogP contribution in [0.15, 0.2) is 18.2 Å². The largest absolute Gasteiger partial charge is 0.481 e. The molecule has 1 N–H and O–H groups in total. The molecule has 0 saturated carbocycles. The van der Waals surface area contributed by atoms with E-state index in [1.807, 2.05) is 26.0 Å². The van der Waals surface area contributed by atoms with E-state index in [0.29, 0.717) is 13.0 Å². The van der Waals surface area contributed by atoms with Crippen molar-refractivity contribution in [3.05, 3.63) is 34.3 Å². The van der Waals surface area contributed by atoms with Crippen molar-refractivity contribution in [2.45, 2.75) is 33.2 Å². The van der Waals surface area contributed by atoms with Crippen molar-refractivity contribution in [3.63, 3.8) is 0 Å². The molecule has 104 valence electrons. The lowest BCUT2D eigenvalue weighted by Gasteiger charge is -2.23. The minimum atomic E-state index is -0.667. The van der Waals surface area contributed by atoms with Gasteiger partial charge in [-0.1, -0.05) is 30.7 Å². The average Bonchev–Trinajstić information content (AvgIpc) is 2.79. The van der Waals surface area contributed by atoms with E-state index in [4.69, 9.17) is 11.6 Å². The van der Waals surface area contributed by atoms with E-state index in [1.165, 1.54) is 0 Å². The average molecular weight is 282 g/mol. The Labute approximate surface area is 119 Å². The fraction of sp³-hybridized carbons (Fsp3) is 0.533. The molecule has 1 aliphatic rings. The number of likely N-dealkylation sites (tertiary alicyclic amines) is 1. The number of nitrogens with zero attached hydrogens (tertiary/aromatic N) is 1. The Morgan fingerprint density at radius 2 is 2.26 bits per heavy atom. The molecule has 0 aromatic heterocycles. The minimum absolute atomic E-state index is 0.561. The Morgan fingerprint density at radius 1 is 1.53 bits per heavy atom. The number of hydrogen-bond acceptors (Lipinski definition) is 2. The van der Waals surface area contributed by atoms with Crippen molar-refractivity contribution in [1.29, 1.82) is 0 Å². The second kappa shape index (κ2) is 5.51. The molecule has 0 amide bonds. The van der Waals surface area contributed by atoms with E-state index in [0.717, 1.165) is 35.7 Å². The molecule has 0 spiro atoms. The number of aliphatic carboxylic acids is 1. The Bertz CT molecular complexity index is 489. The molecule has 1 aromatic rings. The number of aryl methyl sites for hydroxylation is 1. The molecule has 1 saturated heterocycles. The summed E-state index contributed by atoms with van der Waals surface area (Å²) in [4.78, 5) is 13.6. The molecule has 1 atom stereocenters. The number of carbonyl (C=O) groups is 1. The van der Waals surface area contributed by atoms with Gasteiger partial charge in [-0.2, -0.15) is 0 Å². The first-order chi connectivity index (χ1) is 8.97. The fourth-order valence-corrected chi connectivity index (χ4v) is 2.90. The van der Waals surface area contributed by atoms with Gasteiger partial charge >= 0.3 is 5.97 Å². The molecular formula is C15H20ClNO2. The highest BCUT2D eigenvalue weighted by molar-refractivity contribution is 6.31. The summed E-state index contributed by atoms with van der Waals surface area (Å²) >= 11 is 6.12. The van der Waals surface area contributed by atoms with Crippen molar-refractivity contribution in [2.75, 3.05) is 13.1 Å². The zero-order valence-corrected chi connectivity index (χ0v) is 12.2. The summed E-state index contributed by atoms with van der Waals surface area (Å²) in [6.07, 6.45) is 1.42. The van der Waals surface area contributed by atoms with E-state index in [-0.39, 0.29) is 0 Å². The van der Waals surface area contributed by atoms with Crippen molar-refractivity contribution in [3.8, 4) is 0 Å². The molecule has 4 heteroatoms. The Morgan fingerprint density at radius 3 is 2.79 bits per heavy atom.